The monoisotopic (exact) mass is 359 g/mol. The Labute approximate surface area is 135 Å². The van der Waals surface area contributed by atoms with Gasteiger partial charge in [0.1, 0.15) is 9.77 Å². The highest BCUT2D eigenvalue weighted by Crippen LogP contribution is 2.30. The Morgan fingerprint density at radius 3 is 2.65 bits per heavy atom. The number of hydrogen-bond acceptors (Lipinski definition) is 7. The van der Waals surface area contributed by atoms with E-state index in [1.807, 2.05) is 0 Å². The molecule has 9 nitrogen and oxygen atoms in total. The lowest BCUT2D eigenvalue weighted by Crippen LogP contribution is -2.62. The van der Waals surface area contributed by atoms with Crippen molar-refractivity contribution in [2.24, 2.45) is 0 Å². The summed E-state index contributed by atoms with van der Waals surface area (Å²) in [6.45, 7) is -0.0466. The first-order valence-corrected chi connectivity index (χ1v) is 8.94. The van der Waals surface area contributed by atoms with Gasteiger partial charge in [-0.05, 0) is 11.4 Å². The third-order valence-electron chi connectivity index (χ3n) is 3.69. The molecule has 2 saturated heterocycles. The van der Waals surface area contributed by atoms with Gasteiger partial charge in [0.25, 0.3) is 0 Å². The fraction of sp³-hybridized carbons (Fsp3) is 0.417. The molecule has 0 aliphatic carbocycles. The maximum atomic E-state index is 12.6. The van der Waals surface area contributed by atoms with Gasteiger partial charge in [0.15, 0.2) is 0 Å². The maximum absolute atomic E-state index is 12.6. The zero-order valence-electron chi connectivity index (χ0n) is 12.0. The summed E-state index contributed by atoms with van der Waals surface area (Å²) in [6, 6.07) is 0.343. The Hall–Kier alpha value is -1.98. The predicted octanol–water partition coefficient (Wildman–Crippen LogP) is -0.541. The third kappa shape index (κ3) is 2.50. The standard InChI is InChI=1S/C12H13N3O6S2/c1-21-11(17)10-8(2-3-22-10)23(19,20)14-5-7(6-14)15-9(16)4-13-12(15)18/h2-3,7H,4-6H2,1H3,(H,13,18). The Morgan fingerprint density at radius 2 is 2.09 bits per heavy atom. The Balaban J connectivity index is 1.77. The van der Waals surface area contributed by atoms with Crippen molar-refractivity contribution in [3.05, 3.63) is 16.3 Å². The van der Waals surface area contributed by atoms with E-state index in [0.717, 1.165) is 20.5 Å². The molecule has 0 atom stereocenters. The van der Waals surface area contributed by atoms with Crippen molar-refractivity contribution < 1.29 is 27.5 Å². The quantitative estimate of drug-likeness (QED) is 0.571. The van der Waals surface area contributed by atoms with Crippen molar-refractivity contribution in [2.45, 2.75) is 10.9 Å². The minimum absolute atomic E-state index is 0.00550. The summed E-state index contributed by atoms with van der Waals surface area (Å²) in [4.78, 5) is 35.7. The molecule has 2 aliphatic heterocycles. The number of sulfonamides is 1. The first-order valence-electron chi connectivity index (χ1n) is 6.62. The number of imide groups is 1. The molecule has 1 aromatic heterocycles. The molecule has 3 rings (SSSR count). The van der Waals surface area contributed by atoms with Crippen LogP contribution < -0.4 is 5.32 Å². The molecular weight excluding hydrogens is 346 g/mol. The minimum atomic E-state index is -3.87. The highest BCUT2D eigenvalue weighted by molar-refractivity contribution is 7.89. The molecule has 0 spiro atoms. The van der Waals surface area contributed by atoms with E-state index in [4.69, 9.17) is 0 Å². The van der Waals surface area contributed by atoms with Gasteiger partial charge in [0.05, 0.1) is 19.7 Å². The summed E-state index contributed by atoms with van der Waals surface area (Å²) in [6.07, 6.45) is 0. The highest BCUT2D eigenvalue weighted by Gasteiger charge is 2.46. The minimum Gasteiger partial charge on any atom is -0.465 e. The number of carbonyl (C=O) groups excluding carboxylic acids is 3. The second-order valence-corrected chi connectivity index (χ2v) is 7.83. The summed E-state index contributed by atoms with van der Waals surface area (Å²) >= 11 is 0.979. The van der Waals surface area contributed by atoms with Crippen molar-refractivity contribution >= 4 is 39.3 Å². The number of ether oxygens (including phenoxy) is 1. The van der Waals surface area contributed by atoms with Gasteiger partial charge in [-0.15, -0.1) is 11.3 Å². The smallest absolute Gasteiger partial charge is 0.349 e. The van der Waals surface area contributed by atoms with Gasteiger partial charge >= 0.3 is 12.0 Å². The van der Waals surface area contributed by atoms with Gasteiger partial charge in [-0.2, -0.15) is 4.31 Å². The number of hydrogen-bond donors (Lipinski definition) is 1. The molecule has 11 heteroatoms. The van der Waals surface area contributed by atoms with Crippen molar-refractivity contribution in [3.8, 4) is 0 Å². The molecule has 0 unspecified atom stereocenters. The number of urea groups is 1. The molecule has 1 N–H and O–H groups in total. The first-order chi connectivity index (χ1) is 10.9. The molecule has 0 radical (unpaired) electrons. The van der Waals surface area contributed by atoms with Crippen LogP contribution in [0.3, 0.4) is 0 Å². The second-order valence-electron chi connectivity index (χ2n) is 5.00. The molecule has 23 heavy (non-hydrogen) atoms. The predicted molar refractivity (Wildman–Crippen MR) is 78.5 cm³/mol. The van der Waals surface area contributed by atoms with Crippen LogP contribution in [0.4, 0.5) is 4.79 Å². The Kier molecular flexibility index (Phi) is 3.86. The zero-order chi connectivity index (χ0) is 16.8. The largest absolute Gasteiger partial charge is 0.465 e. The normalized spacial score (nSPS) is 19.6. The van der Waals surface area contributed by atoms with Crippen LogP contribution in [0.15, 0.2) is 16.3 Å². The topological polar surface area (TPSA) is 113 Å². The number of esters is 1. The van der Waals surface area contributed by atoms with Crippen molar-refractivity contribution in [2.75, 3.05) is 26.7 Å². The molecule has 3 heterocycles. The lowest BCUT2D eigenvalue weighted by Gasteiger charge is -2.41. The van der Waals surface area contributed by atoms with Crippen LogP contribution in [-0.2, 0) is 19.6 Å². The van der Waals surface area contributed by atoms with Crippen molar-refractivity contribution in [1.82, 2.24) is 14.5 Å². The van der Waals surface area contributed by atoms with E-state index >= 15 is 0 Å². The van der Waals surface area contributed by atoms with E-state index in [1.54, 1.807) is 0 Å². The lowest BCUT2D eigenvalue weighted by molar-refractivity contribution is -0.128. The van der Waals surface area contributed by atoms with Crippen LogP contribution >= 0.6 is 11.3 Å². The molecule has 3 amide bonds. The van der Waals surface area contributed by atoms with Gasteiger partial charge in [-0.1, -0.05) is 0 Å². The Bertz CT molecular complexity index is 764. The van der Waals surface area contributed by atoms with Crippen LogP contribution in [0, 0.1) is 0 Å². The van der Waals surface area contributed by atoms with Gasteiger partial charge in [-0.25, -0.2) is 18.0 Å². The second kappa shape index (κ2) is 5.58. The van der Waals surface area contributed by atoms with Crippen LogP contribution in [0.25, 0.3) is 0 Å². The number of carbonyl (C=O) groups is 3. The molecular formula is C12H13N3O6S2. The fourth-order valence-corrected chi connectivity index (χ4v) is 5.28. The summed E-state index contributed by atoms with van der Waals surface area (Å²) in [5.41, 5.74) is 0. The fourth-order valence-electron chi connectivity index (χ4n) is 2.46. The maximum Gasteiger partial charge on any atom is 0.349 e. The number of amides is 3. The van der Waals surface area contributed by atoms with E-state index in [9.17, 15) is 22.8 Å². The molecule has 2 fully saturated rings. The molecule has 2 aliphatic rings. The average molecular weight is 359 g/mol. The lowest BCUT2D eigenvalue weighted by atomic mass is 10.1. The van der Waals surface area contributed by atoms with Gasteiger partial charge in [0.2, 0.25) is 15.9 Å². The van der Waals surface area contributed by atoms with Crippen LogP contribution in [0.2, 0.25) is 0 Å². The molecule has 0 aromatic carbocycles. The van der Waals surface area contributed by atoms with Gasteiger partial charge in [0, 0.05) is 13.1 Å². The van der Waals surface area contributed by atoms with Crippen LogP contribution in [-0.4, -0.2) is 68.3 Å². The number of nitrogens with zero attached hydrogens (tertiary/aromatic N) is 2. The summed E-state index contributed by atoms with van der Waals surface area (Å²) in [5, 5.41) is 3.89. The Morgan fingerprint density at radius 1 is 1.39 bits per heavy atom. The summed E-state index contributed by atoms with van der Waals surface area (Å²) in [5.74, 6) is -1.09. The SMILES string of the molecule is COC(=O)c1sccc1S(=O)(=O)N1CC(N2C(=O)CNC2=O)C1. The first kappa shape index (κ1) is 15.9. The van der Waals surface area contributed by atoms with E-state index < -0.39 is 28.1 Å². The average Bonchev–Trinajstić information content (AvgIpc) is 3.06. The van der Waals surface area contributed by atoms with Gasteiger partial charge < -0.3 is 10.1 Å². The van der Waals surface area contributed by atoms with E-state index in [-0.39, 0.29) is 35.3 Å². The molecule has 124 valence electrons. The number of rotatable bonds is 4. The van der Waals surface area contributed by atoms with E-state index in [0.29, 0.717) is 0 Å². The van der Waals surface area contributed by atoms with Gasteiger partial charge in [-0.3, -0.25) is 9.69 Å². The van der Waals surface area contributed by atoms with Crippen LogP contribution in [0.1, 0.15) is 9.67 Å². The van der Waals surface area contributed by atoms with Crippen LogP contribution in [0.5, 0.6) is 0 Å². The number of methoxy groups -OCH3 is 1. The molecule has 1 aromatic rings. The number of nitrogens with one attached hydrogen (secondary N) is 1. The summed E-state index contributed by atoms with van der Waals surface area (Å²) < 4.78 is 30.8. The van der Waals surface area contributed by atoms with E-state index in [2.05, 4.69) is 10.1 Å². The molecule has 0 bridgehead atoms. The molecule has 0 saturated carbocycles. The van der Waals surface area contributed by atoms with Crippen molar-refractivity contribution in [1.29, 1.82) is 0 Å². The summed E-state index contributed by atoms with van der Waals surface area (Å²) in [7, 11) is -2.69. The van der Waals surface area contributed by atoms with E-state index in [1.165, 1.54) is 18.6 Å². The highest BCUT2D eigenvalue weighted by atomic mass is 32.2. The third-order valence-corrected chi connectivity index (χ3v) is 6.59. The zero-order valence-corrected chi connectivity index (χ0v) is 13.6. The number of thiophene rings is 1. The van der Waals surface area contributed by atoms with Crippen molar-refractivity contribution in [3.63, 3.8) is 0 Å².